The number of likely N-dealkylation sites (tertiary alicyclic amines) is 1. The predicted octanol–water partition coefficient (Wildman–Crippen LogP) is 3.76. The van der Waals surface area contributed by atoms with E-state index in [9.17, 15) is 14.4 Å². The van der Waals surface area contributed by atoms with Gasteiger partial charge in [0.2, 0.25) is 5.91 Å². The maximum absolute atomic E-state index is 13.5. The summed E-state index contributed by atoms with van der Waals surface area (Å²) < 4.78 is 17.9. The number of oxazole rings is 1. The van der Waals surface area contributed by atoms with Crippen LogP contribution in [0.5, 0.6) is 11.5 Å². The number of pyridine rings is 1. The van der Waals surface area contributed by atoms with Gasteiger partial charge in [0.25, 0.3) is 11.8 Å². The van der Waals surface area contributed by atoms with Gasteiger partial charge in [0, 0.05) is 44.7 Å². The molecule has 6 rings (SSSR count). The number of aromatic nitrogens is 2. The van der Waals surface area contributed by atoms with Crippen LogP contribution in [0.3, 0.4) is 0 Å². The van der Waals surface area contributed by atoms with Gasteiger partial charge in [-0.15, -0.1) is 0 Å². The first kappa shape index (κ1) is 27.4. The zero-order chi connectivity index (χ0) is 29.1. The van der Waals surface area contributed by atoms with Crippen molar-refractivity contribution in [2.45, 2.75) is 44.9 Å². The molecule has 216 valence electrons. The third-order valence-electron chi connectivity index (χ3n) is 7.37. The van der Waals surface area contributed by atoms with Crippen molar-refractivity contribution in [3.8, 4) is 11.5 Å². The number of ether oxygens (including phenoxy) is 2. The van der Waals surface area contributed by atoms with Crippen LogP contribution in [0.25, 0.3) is 11.1 Å². The van der Waals surface area contributed by atoms with Crippen LogP contribution in [-0.4, -0.2) is 64.4 Å². The molecule has 0 unspecified atom stereocenters. The van der Waals surface area contributed by atoms with Gasteiger partial charge >= 0.3 is 0 Å². The van der Waals surface area contributed by atoms with Gasteiger partial charge in [0.15, 0.2) is 11.5 Å². The van der Waals surface area contributed by atoms with E-state index in [-0.39, 0.29) is 30.2 Å². The Morgan fingerprint density at radius 3 is 2.88 bits per heavy atom. The SMILES string of the molecule is Cc1nc2ccc(C(=O)N3CC[C@@H]4OCc5cccc(c5)Oc5cncc(c5)C(=O)NCCCC(=O)N[C@H]4C3)cc2o1. The second kappa shape index (κ2) is 12.0. The Morgan fingerprint density at radius 2 is 1.98 bits per heavy atom. The van der Waals surface area contributed by atoms with E-state index in [1.54, 1.807) is 42.3 Å². The third-order valence-corrected chi connectivity index (χ3v) is 7.37. The lowest BCUT2D eigenvalue weighted by Crippen LogP contribution is -2.57. The molecule has 4 aromatic rings. The summed E-state index contributed by atoms with van der Waals surface area (Å²) in [6, 6.07) is 13.9. The summed E-state index contributed by atoms with van der Waals surface area (Å²) in [5.74, 6) is 0.947. The van der Waals surface area contributed by atoms with Gasteiger partial charge in [-0.1, -0.05) is 12.1 Å². The fourth-order valence-electron chi connectivity index (χ4n) is 5.28. The largest absolute Gasteiger partial charge is 0.456 e. The van der Waals surface area contributed by atoms with Crippen molar-refractivity contribution >= 4 is 28.8 Å². The fraction of sp³-hybridized carbons (Fsp3) is 0.323. The standard InChI is InChI=1S/C31H31N5O6/c1-19-34-25-8-7-21(14-28(25)41-19)31(39)36-11-9-27-26(17-36)35-29(37)6-3-10-33-30(38)22-13-24(16-32-15-22)42-23-5-2-4-20(12-23)18-40-27/h2,4-5,7-8,12-16,26-27H,3,6,9-11,17-18H2,1H3,(H,33,38)(H,35,37)/t26-,27-/m0/s1. The number of fused-ring (bicyclic) bond motifs is 6. The Morgan fingerprint density at radius 1 is 1.07 bits per heavy atom. The molecule has 2 aliphatic rings. The first-order valence-corrected chi connectivity index (χ1v) is 14.0. The molecule has 0 spiro atoms. The third kappa shape index (κ3) is 6.26. The average Bonchev–Trinajstić information content (AvgIpc) is 3.37. The minimum absolute atomic E-state index is 0.150. The molecule has 2 atom stereocenters. The Bertz CT molecular complexity index is 1640. The highest BCUT2D eigenvalue weighted by atomic mass is 16.5. The van der Waals surface area contributed by atoms with E-state index in [2.05, 4.69) is 20.6 Å². The summed E-state index contributed by atoms with van der Waals surface area (Å²) in [5.41, 5.74) is 3.00. The number of hydrogen-bond donors (Lipinski definition) is 2. The molecule has 2 aromatic carbocycles. The highest BCUT2D eigenvalue weighted by molar-refractivity contribution is 5.97. The molecule has 4 heterocycles. The molecule has 0 saturated carbocycles. The van der Waals surface area contributed by atoms with Crippen LogP contribution in [0.4, 0.5) is 0 Å². The summed E-state index contributed by atoms with van der Waals surface area (Å²) in [4.78, 5) is 49.2. The minimum atomic E-state index is -0.412. The van der Waals surface area contributed by atoms with Crippen LogP contribution < -0.4 is 15.4 Å². The molecular weight excluding hydrogens is 538 g/mol. The van der Waals surface area contributed by atoms with Crippen molar-refractivity contribution in [3.05, 3.63) is 83.5 Å². The molecular formula is C31H31N5O6. The van der Waals surface area contributed by atoms with Crippen molar-refractivity contribution < 1.29 is 28.3 Å². The Labute approximate surface area is 242 Å². The smallest absolute Gasteiger partial charge is 0.254 e. The van der Waals surface area contributed by atoms with E-state index in [0.29, 0.717) is 78.7 Å². The van der Waals surface area contributed by atoms with Crippen LogP contribution >= 0.6 is 0 Å². The summed E-state index contributed by atoms with van der Waals surface area (Å²) >= 11 is 0. The van der Waals surface area contributed by atoms with E-state index in [0.717, 1.165) is 5.56 Å². The van der Waals surface area contributed by atoms with Crippen molar-refractivity contribution in [1.29, 1.82) is 0 Å². The Balaban J connectivity index is 1.20. The summed E-state index contributed by atoms with van der Waals surface area (Å²) in [6.45, 7) is 3.15. The van der Waals surface area contributed by atoms with Crippen LogP contribution in [0, 0.1) is 6.92 Å². The van der Waals surface area contributed by atoms with Crippen LogP contribution in [0.1, 0.15) is 51.4 Å². The van der Waals surface area contributed by atoms with E-state index >= 15 is 0 Å². The zero-order valence-electron chi connectivity index (χ0n) is 23.2. The number of benzene rings is 2. The van der Waals surface area contributed by atoms with Crippen molar-refractivity contribution in [2.75, 3.05) is 19.6 Å². The molecule has 0 aliphatic carbocycles. The van der Waals surface area contributed by atoms with E-state index in [4.69, 9.17) is 13.9 Å². The first-order valence-electron chi connectivity index (χ1n) is 14.0. The zero-order valence-corrected chi connectivity index (χ0v) is 23.2. The second-order valence-electron chi connectivity index (χ2n) is 10.5. The van der Waals surface area contributed by atoms with Gasteiger partial charge in [-0.05, 0) is 54.8 Å². The molecule has 1 fully saturated rings. The van der Waals surface area contributed by atoms with Gasteiger partial charge < -0.3 is 29.4 Å². The van der Waals surface area contributed by atoms with Gasteiger partial charge in [-0.25, -0.2) is 4.98 Å². The predicted molar refractivity (Wildman–Crippen MR) is 152 cm³/mol. The van der Waals surface area contributed by atoms with E-state index in [1.165, 1.54) is 6.20 Å². The lowest BCUT2D eigenvalue weighted by atomic mass is 10.00. The monoisotopic (exact) mass is 569 g/mol. The summed E-state index contributed by atoms with van der Waals surface area (Å²) in [5, 5.41) is 5.91. The fourth-order valence-corrected chi connectivity index (χ4v) is 5.28. The lowest BCUT2D eigenvalue weighted by Gasteiger charge is -2.39. The van der Waals surface area contributed by atoms with Crippen molar-refractivity contribution in [3.63, 3.8) is 0 Å². The number of carbonyl (C=O) groups excluding carboxylic acids is 3. The average molecular weight is 570 g/mol. The molecule has 1 saturated heterocycles. The number of nitrogens with one attached hydrogen (secondary N) is 2. The molecule has 42 heavy (non-hydrogen) atoms. The van der Waals surface area contributed by atoms with Crippen LogP contribution in [0.2, 0.25) is 0 Å². The summed E-state index contributed by atoms with van der Waals surface area (Å²) in [6.07, 6.45) is 3.92. The van der Waals surface area contributed by atoms with Crippen LogP contribution in [0.15, 0.2) is 65.3 Å². The maximum Gasteiger partial charge on any atom is 0.254 e. The van der Waals surface area contributed by atoms with Gasteiger partial charge in [0.05, 0.1) is 30.5 Å². The minimum Gasteiger partial charge on any atom is -0.456 e. The van der Waals surface area contributed by atoms with Gasteiger partial charge in [0.1, 0.15) is 17.0 Å². The normalized spacial score (nSPS) is 20.0. The highest BCUT2D eigenvalue weighted by Gasteiger charge is 2.34. The second-order valence-corrected chi connectivity index (χ2v) is 10.5. The molecule has 3 amide bonds. The topological polar surface area (TPSA) is 136 Å². The lowest BCUT2D eigenvalue weighted by molar-refractivity contribution is -0.124. The van der Waals surface area contributed by atoms with E-state index in [1.807, 2.05) is 24.3 Å². The Kier molecular flexibility index (Phi) is 7.83. The maximum atomic E-state index is 13.5. The Hall–Kier alpha value is -4.77. The van der Waals surface area contributed by atoms with Crippen molar-refractivity contribution in [2.24, 2.45) is 0 Å². The van der Waals surface area contributed by atoms with Gasteiger partial charge in [-0.2, -0.15) is 0 Å². The molecule has 11 nitrogen and oxygen atoms in total. The number of hydrogen-bond acceptors (Lipinski definition) is 8. The number of nitrogens with zero attached hydrogens (tertiary/aromatic N) is 3. The highest BCUT2D eigenvalue weighted by Crippen LogP contribution is 2.25. The molecule has 2 N–H and O–H groups in total. The first-order chi connectivity index (χ1) is 20.4. The molecule has 2 aliphatic heterocycles. The van der Waals surface area contributed by atoms with E-state index < -0.39 is 6.04 Å². The number of piperidine rings is 1. The quantitative estimate of drug-likeness (QED) is 0.354. The molecule has 2 aromatic heterocycles. The van der Waals surface area contributed by atoms with Crippen molar-refractivity contribution in [1.82, 2.24) is 25.5 Å². The number of amides is 3. The number of carbonyl (C=O) groups is 3. The molecule has 0 radical (unpaired) electrons. The number of rotatable bonds is 1. The summed E-state index contributed by atoms with van der Waals surface area (Å²) in [7, 11) is 0. The molecule has 4 bridgehead atoms. The molecule has 11 heteroatoms. The van der Waals surface area contributed by atoms with Gasteiger partial charge in [-0.3, -0.25) is 19.4 Å². The van der Waals surface area contributed by atoms with Crippen LogP contribution in [-0.2, 0) is 16.1 Å². The number of aryl methyl sites for hydroxylation is 1.